The van der Waals surface area contributed by atoms with E-state index in [0.29, 0.717) is 11.5 Å². The van der Waals surface area contributed by atoms with Crippen LogP contribution in [0.15, 0.2) is 6.20 Å². The van der Waals surface area contributed by atoms with Gasteiger partial charge in [0, 0.05) is 37.9 Å². The Hall–Kier alpha value is -1.40. The van der Waals surface area contributed by atoms with Crippen LogP contribution in [0.1, 0.15) is 42.2 Å². The number of hydrogen-bond acceptors (Lipinski definition) is 4. The molecule has 1 amide bonds. The lowest BCUT2D eigenvalue weighted by molar-refractivity contribution is -0.00117. The molecule has 0 bridgehead atoms. The molecule has 0 saturated carbocycles. The second kappa shape index (κ2) is 6.38. The Morgan fingerprint density at radius 2 is 2.23 bits per heavy atom. The van der Waals surface area contributed by atoms with Crippen LogP contribution in [0.4, 0.5) is 0 Å². The molecule has 6 heteroatoms. The van der Waals surface area contributed by atoms with Crippen LogP contribution >= 0.6 is 0 Å². The van der Waals surface area contributed by atoms with E-state index < -0.39 is 0 Å². The van der Waals surface area contributed by atoms with E-state index in [1.807, 2.05) is 11.8 Å². The molecule has 0 radical (unpaired) electrons. The summed E-state index contributed by atoms with van der Waals surface area (Å²) in [6, 6.07) is 0. The molecule has 122 valence electrons. The van der Waals surface area contributed by atoms with Gasteiger partial charge in [-0.3, -0.25) is 9.89 Å². The number of aromatic amines is 1. The number of amides is 1. The number of piperidine rings is 2. The van der Waals surface area contributed by atoms with E-state index in [1.165, 1.54) is 0 Å². The Kier molecular flexibility index (Phi) is 4.49. The molecule has 1 spiro atoms. The van der Waals surface area contributed by atoms with Gasteiger partial charge in [-0.05, 0) is 37.6 Å². The number of H-pyrrole nitrogens is 1. The molecule has 0 unspecified atom stereocenters. The van der Waals surface area contributed by atoms with E-state index >= 15 is 0 Å². The highest BCUT2D eigenvalue weighted by molar-refractivity contribution is 5.95. The van der Waals surface area contributed by atoms with Crippen LogP contribution in [-0.4, -0.2) is 58.9 Å². The van der Waals surface area contributed by atoms with Crippen LogP contribution in [0.3, 0.4) is 0 Å². The van der Waals surface area contributed by atoms with Crippen molar-refractivity contribution in [3.63, 3.8) is 0 Å². The fraction of sp³-hybridized carbons (Fsp3) is 0.750. The molecule has 1 aromatic rings. The highest BCUT2D eigenvalue weighted by Crippen LogP contribution is 2.43. The van der Waals surface area contributed by atoms with E-state index in [-0.39, 0.29) is 17.9 Å². The maximum Gasteiger partial charge on any atom is 0.257 e. The van der Waals surface area contributed by atoms with Gasteiger partial charge in [-0.2, -0.15) is 5.10 Å². The van der Waals surface area contributed by atoms with Crippen LogP contribution in [0.2, 0.25) is 0 Å². The van der Waals surface area contributed by atoms with Gasteiger partial charge in [0.05, 0.1) is 11.8 Å². The highest BCUT2D eigenvalue weighted by Gasteiger charge is 2.43. The third-order valence-electron chi connectivity index (χ3n) is 5.63. The second-order valence-electron chi connectivity index (χ2n) is 6.60. The lowest BCUT2D eigenvalue weighted by Crippen LogP contribution is -2.53. The molecule has 2 fully saturated rings. The molecule has 0 aliphatic carbocycles. The first-order valence-corrected chi connectivity index (χ1v) is 8.33. The van der Waals surface area contributed by atoms with Crippen molar-refractivity contribution in [2.45, 2.75) is 32.6 Å². The van der Waals surface area contributed by atoms with Gasteiger partial charge in [-0.25, -0.2) is 0 Å². The molecular formula is C16H26N4O2. The minimum absolute atomic E-state index is 0.0925. The summed E-state index contributed by atoms with van der Waals surface area (Å²) in [5, 5.41) is 20.0. The molecule has 1 atom stereocenters. The summed E-state index contributed by atoms with van der Waals surface area (Å²) in [6.45, 7) is 5.74. The quantitative estimate of drug-likeness (QED) is 0.771. The van der Waals surface area contributed by atoms with Crippen molar-refractivity contribution >= 4 is 5.91 Å². The number of aryl methyl sites for hydroxylation is 1. The average molecular weight is 306 g/mol. The summed E-state index contributed by atoms with van der Waals surface area (Å²) in [5.74, 6) is 0.411. The standard InChI is InChI=1S/C16H26N4O2/c1-2-14-13(10-18-19-14)15(22)20-7-4-16(5-8-20)3-6-17-9-12(16)11-21/h10,12,17,21H,2-9,11H2,1H3,(H,18,19)/t12-/m1/s1. The largest absolute Gasteiger partial charge is 0.396 e. The lowest BCUT2D eigenvalue weighted by atomic mass is 9.65. The lowest BCUT2D eigenvalue weighted by Gasteiger charge is -2.49. The van der Waals surface area contributed by atoms with E-state index in [9.17, 15) is 9.90 Å². The molecule has 1 aromatic heterocycles. The fourth-order valence-electron chi connectivity index (χ4n) is 4.04. The van der Waals surface area contributed by atoms with Crippen molar-refractivity contribution in [3.8, 4) is 0 Å². The Bertz CT molecular complexity index is 520. The number of aliphatic hydroxyl groups is 1. The number of aliphatic hydroxyl groups excluding tert-OH is 1. The zero-order valence-corrected chi connectivity index (χ0v) is 13.3. The summed E-state index contributed by atoms with van der Waals surface area (Å²) in [4.78, 5) is 14.6. The third kappa shape index (κ3) is 2.65. The molecule has 3 rings (SSSR count). The first kappa shape index (κ1) is 15.5. The van der Waals surface area contributed by atoms with Crippen LogP contribution in [-0.2, 0) is 6.42 Å². The maximum atomic E-state index is 12.7. The SMILES string of the molecule is CCc1[nH]ncc1C(=O)N1CCC2(CCNC[C@@H]2CO)CC1. The van der Waals surface area contributed by atoms with Crippen LogP contribution in [0, 0.1) is 11.3 Å². The van der Waals surface area contributed by atoms with Gasteiger partial charge in [0.2, 0.25) is 0 Å². The number of hydrogen-bond donors (Lipinski definition) is 3. The van der Waals surface area contributed by atoms with Crippen molar-refractivity contribution in [2.24, 2.45) is 11.3 Å². The summed E-state index contributed by atoms with van der Waals surface area (Å²) in [5.41, 5.74) is 1.84. The Labute approximate surface area is 131 Å². The van der Waals surface area contributed by atoms with Gasteiger partial charge in [-0.1, -0.05) is 6.92 Å². The van der Waals surface area contributed by atoms with Crippen molar-refractivity contribution in [1.82, 2.24) is 20.4 Å². The van der Waals surface area contributed by atoms with Gasteiger partial charge < -0.3 is 15.3 Å². The third-order valence-corrected chi connectivity index (χ3v) is 5.63. The number of carbonyl (C=O) groups excluding carboxylic acids is 1. The normalized spacial score (nSPS) is 24.6. The van der Waals surface area contributed by atoms with Gasteiger partial charge in [0.1, 0.15) is 0 Å². The first-order valence-electron chi connectivity index (χ1n) is 8.33. The van der Waals surface area contributed by atoms with Crippen LogP contribution < -0.4 is 5.32 Å². The number of nitrogens with one attached hydrogen (secondary N) is 2. The monoisotopic (exact) mass is 306 g/mol. The number of likely N-dealkylation sites (tertiary alicyclic amines) is 1. The summed E-state index contributed by atoms with van der Waals surface area (Å²) >= 11 is 0. The summed E-state index contributed by atoms with van der Waals surface area (Å²) in [7, 11) is 0. The summed E-state index contributed by atoms with van der Waals surface area (Å²) in [6.07, 6.45) is 5.52. The van der Waals surface area contributed by atoms with Crippen molar-refractivity contribution in [3.05, 3.63) is 17.5 Å². The van der Waals surface area contributed by atoms with Crippen LogP contribution in [0.5, 0.6) is 0 Å². The van der Waals surface area contributed by atoms with Gasteiger partial charge in [-0.15, -0.1) is 0 Å². The zero-order valence-electron chi connectivity index (χ0n) is 13.3. The van der Waals surface area contributed by atoms with E-state index in [1.54, 1.807) is 6.20 Å². The van der Waals surface area contributed by atoms with Gasteiger partial charge in [0.15, 0.2) is 0 Å². The van der Waals surface area contributed by atoms with Gasteiger partial charge >= 0.3 is 0 Å². The van der Waals surface area contributed by atoms with Crippen molar-refractivity contribution < 1.29 is 9.90 Å². The molecule has 6 nitrogen and oxygen atoms in total. The van der Waals surface area contributed by atoms with E-state index in [0.717, 1.165) is 57.6 Å². The molecule has 3 heterocycles. The maximum absolute atomic E-state index is 12.7. The predicted molar refractivity (Wildman–Crippen MR) is 83.6 cm³/mol. The van der Waals surface area contributed by atoms with Gasteiger partial charge in [0.25, 0.3) is 5.91 Å². The molecule has 2 aliphatic rings. The first-order chi connectivity index (χ1) is 10.7. The Morgan fingerprint density at radius 3 is 2.91 bits per heavy atom. The molecule has 0 aromatic carbocycles. The minimum atomic E-state index is 0.0925. The predicted octanol–water partition coefficient (Wildman–Crippen LogP) is 0.796. The number of nitrogens with zero attached hydrogens (tertiary/aromatic N) is 2. The smallest absolute Gasteiger partial charge is 0.257 e. The highest BCUT2D eigenvalue weighted by atomic mass is 16.3. The fourth-order valence-corrected chi connectivity index (χ4v) is 4.04. The molecule has 3 N–H and O–H groups in total. The molecular weight excluding hydrogens is 280 g/mol. The van der Waals surface area contributed by atoms with E-state index in [2.05, 4.69) is 15.5 Å². The number of carbonyl (C=O) groups is 1. The molecule has 22 heavy (non-hydrogen) atoms. The minimum Gasteiger partial charge on any atom is -0.396 e. The van der Waals surface area contributed by atoms with Crippen molar-refractivity contribution in [2.75, 3.05) is 32.8 Å². The number of aromatic nitrogens is 2. The van der Waals surface area contributed by atoms with Crippen LogP contribution in [0.25, 0.3) is 0 Å². The second-order valence-corrected chi connectivity index (χ2v) is 6.60. The average Bonchev–Trinajstić information content (AvgIpc) is 3.04. The molecule has 2 saturated heterocycles. The molecule has 2 aliphatic heterocycles. The van der Waals surface area contributed by atoms with Crippen molar-refractivity contribution in [1.29, 1.82) is 0 Å². The Morgan fingerprint density at radius 1 is 1.45 bits per heavy atom. The Balaban J connectivity index is 1.67. The zero-order chi connectivity index (χ0) is 15.6. The summed E-state index contributed by atoms with van der Waals surface area (Å²) < 4.78 is 0. The van der Waals surface area contributed by atoms with E-state index in [4.69, 9.17) is 0 Å². The topological polar surface area (TPSA) is 81.2 Å². The number of rotatable bonds is 3.